The minimum atomic E-state index is -0.133. The predicted molar refractivity (Wildman–Crippen MR) is 87.2 cm³/mol. The number of amides is 2. The SMILES string of the molecule is Cc1cc(NC(=O)NC2CCC23CCCC3)c(N(C)C)nn1. The number of carbonyl (C=O) groups excluding carboxylic acids is 1. The normalized spacial score (nSPS) is 22.2. The maximum Gasteiger partial charge on any atom is 0.319 e. The van der Waals surface area contributed by atoms with Crippen LogP contribution >= 0.6 is 0 Å². The monoisotopic (exact) mass is 303 g/mol. The molecule has 0 aromatic carbocycles. The molecule has 0 saturated heterocycles. The van der Waals surface area contributed by atoms with Crippen LogP contribution in [0.5, 0.6) is 0 Å². The van der Waals surface area contributed by atoms with Gasteiger partial charge in [0.1, 0.15) is 0 Å². The van der Waals surface area contributed by atoms with E-state index in [1.165, 1.54) is 32.1 Å². The van der Waals surface area contributed by atoms with Crippen LogP contribution in [0.1, 0.15) is 44.2 Å². The molecule has 3 rings (SSSR count). The summed E-state index contributed by atoms with van der Waals surface area (Å²) in [5, 5.41) is 14.3. The van der Waals surface area contributed by atoms with E-state index in [4.69, 9.17) is 0 Å². The molecular formula is C16H25N5O. The van der Waals surface area contributed by atoms with Gasteiger partial charge in [-0.3, -0.25) is 0 Å². The van der Waals surface area contributed by atoms with Crippen molar-refractivity contribution in [2.24, 2.45) is 5.41 Å². The van der Waals surface area contributed by atoms with E-state index in [9.17, 15) is 4.79 Å². The molecule has 2 saturated carbocycles. The predicted octanol–water partition coefficient (Wildman–Crippen LogP) is 2.70. The molecule has 0 radical (unpaired) electrons. The molecule has 1 heterocycles. The molecule has 0 aliphatic heterocycles. The Kier molecular flexibility index (Phi) is 3.93. The third kappa shape index (κ3) is 2.74. The van der Waals surface area contributed by atoms with Crippen molar-refractivity contribution >= 4 is 17.5 Å². The largest absolute Gasteiger partial charge is 0.360 e. The quantitative estimate of drug-likeness (QED) is 0.900. The van der Waals surface area contributed by atoms with Gasteiger partial charge in [-0.25, -0.2) is 4.79 Å². The van der Waals surface area contributed by atoms with Crippen LogP contribution < -0.4 is 15.5 Å². The number of carbonyl (C=O) groups is 1. The third-order valence-corrected chi connectivity index (χ3v) is 5.14. The molecule has 6 nitrogen and oxygen atoms in total. The Morgan fingerprint density at radius 3 is 2.59 bits per heavy atom. The Hall–Kier alpha value is -1.85. The fraction of sp³-hybridized carbons (Fsp3) is 0.688. The van der Waals surface area contributed by atoms with Gasteiger partial charge in [0.25, 0.3) is 0 Å². The summed E-state index contributed by atoms with van der Waals surface area (Å²) in [6.45, 7) is 1.87. The van der Waals surface area contributed by atoms with Crippen LogP contribution in [0.4, 0.5) is 16.3 Å². The van der Waals surface area contributed by atoms with Gasteiger partial charge in [-0.1, -0.05) is 12.8 Å². The van der Waals surface area contributed by atoms with E-state index in [0.717, 1.165) is 12.1 Å². The summed E-state index contributed by atoms with van der Waals surface area (Å²) in [6.07, 6.45) is 7.49. The molecule has 1 unspecified atom stereocenters. The number of nitrogens with zero attached hydrogens (tertiary/aromatic N) is 3. The molecule has 2 N–H and O–H groups in total. The number of aryl methyl sites for hydroxylation is 1. The van der Waals surface area contributed by atoms with Gasteiger partial charge in [0.05, 0.1) is 11.4 Å². The van der Waals surface area contributed by atoms with Crippen molar-refractivity contribution in [2.75, 3.05) is 24.3 Å². The molecule has 2 amide bonds. The minimum absolute atomic E-state index is 0.133. The highest BCUT2D eigenvalue weighted by Crippen LogP contribution is 2.53. The van der Waals surface area contributed by atoms with E-state index in [1.807, 2.05) is 32.0 Å². The molecular weight excluding hydrogens is 278 g/mol. The summed E-state index contributed by atoms with van der Waals surface area (Å²) in [6, 6.07) is 2.05. The fourth-order valence-electron chi connectivity index (χ4n) is 3.82. The Balaban J connectivity index is 1.66. The van der Waals surface area contributed by atoms with Crippen LogP contribution in [-0.2, 0) is 0 Å². The molecule has 0 bridgehead atoms. The first kappa shape index (κ1) is 15.1. The van der Waals surface area contributed by atoms with Gasteiger partial charge in [0, 0.05) is 20.1 Å². The van der Waals surface area contributed by atoms with Crippen molar-refractivity contribution < 1.29 is 4.79 Å². The van der Waals surface area contributed by atoms with Gasteiger partial charge < -0.3 is 15.5 Å². The average molecular weight is 303 g/mol. The maximum atomic E-state index is 12.4. The van der Waals surface area contributed by atoms with Crippen molar-refractivity contribution in [3.63, 3.8) is 0 Å². The van der Waals surface area contributed by atoms with Crippen LogP contribution in [0, 0.1) is 12.3 Å². The van der Waals surface area contributed by atoms with Crippen LogP contribution in [-0.4, -0.2) is 36.4 Å². The number of aromatic nitrogens is 2. The van der Waals surface area contributed by atoms with Gasteiger partial charge in [0.2, 0.25) is 0 Å². The lowest BCUT2D eigenvalue weighted by Crippen LogP contribution is -2.54. The van der Waals surface area contributed by atoms with Crippen LogP contribution in [0.15, 0.2) is 6.07 Å². The van der Waals surface area contributed by atoms with Crippen molar-refractivity contribution in [3.05, 3.63) is 11.8 Å². The topological polar surface area (TPSA) is 70.2 Å². The molecule has 1 atom stereocenters. The maximum absolute atomic E-state index is 12.4. The second-order valence-corrected chi connectivity index (χ2v) is 6.88. The summed E-state index contributed by atoms with van der Waals surface area (Å²) >= 11 is 0. The Morgan fingerprint density at radius 2 is 2.00 bits per heavy atom. The zero-order chi connectivity index (χ0) is 15.7. The summed E-state index contributed by atoms with van der Waals surface area (Å²) in [5.74, 6) is 0.671. The highest BCUT2D eigenvalue weighted by atomic mass is 16.2. The standard InChI is InChI=1S/C16H25N5O/c1-11-10-12(14(20-19-11)21(2)3)17-15(22)18-13-6-9-16(13)7-4-5-8-16/h10,13H,4-9H2,1-3H3,(H2,17,18,19,22). The molecule has 1 spiro atoms. The van der Waals surface area contributed by atoms with Crippen molar-refractivity contribution in [3.8, 4) is 0 Å². The molecule has 22 heavy (non-hydrogen) atoms. The molecule has 1 aromatic rings. The van der Waals surface area contributed by atoms with Gasteiger partial charge in [-0.15, -0.1) is 5.10 Å². The van der Waals surface area contributed by atoms with E-state index in [2.05, 4.69) is 20.8 Å². The Morgan fingerprint density at radius 1 is 1.27 bits per heavy atom. The molecule has 120 valence electrons. The number of hydrogen-bond donors (Lipinski definition) is 2. The van der Waals surface area contributed by atoms with E-state index in [-0.39, 0.29) is 6.03 Å². The molecule has 6 heteroatoms. The second-order valence-electron chi connectivity index (χ2n) is 6.88. The lowest BCUT2D eigenvalue weighted by Gasteiger charge is -2.47. The average Bonchev–Trinajstić information content (AvgIpc) is 2.95. The zero-order valence-electron chi connectivity index (χ0n) is 13.6. The van der Waals surface area contributed by atoms with Gasteiger partial charge in [0.15, 0.2) is 5.82 Å². The molecule has 2 fully saturated rings. The summed E-state index contributed by atoms with van der Waals surface area (Å²) in [4.78, 5) is 14.2. The first-order valence-corrected chi connectivity index (χ1v) is 8.09. The lowest BCUT2D eigenvalue weighted by atomic mass is 9.63. The first-order chi connectivity index (χ1) is 10.5. The Labute approximate surface area is 131 Å². The number of rotatable bonds is 3. The third-order valence-electron chi connectivity index (χ3n) is 5.14. The van der Waals surface area contributed by atoms with Crippen LogP contribution in [0.25, 0.3) is 0 Å². The van der Waals surface area contributed by atoms with Crippen molar-refractivity contribution in [2.45, 2.75) is 51.5 Å². The van der Waals surface area contributed by atoms with Crippen LogP contribution in [0.3, 0.4) is 0 Å². The smallest absolute Gasteiger partial charge is 0.319 e. The van der Waals surface area contributed by atoms with Gasteiger partial charge in [-0.05, 0) is 44.1 Å². The fourth-order valence-corrected chi connectivity index (χ4v) is 3.82. The number of nitrogens with one attached hydrogen (secondary N) is 2. The highest BCUT2D eigenvalue weighted by molar-refractivity contribution is 5.92. The van der Waals surface area contributed by atoms with E-state index in [0.29, 0.717) is 23.0 Å². The molecule has 2 aliphatic carbocycles. The van der Waals surface area contributed by atoms with Gasteiger partial charge >= 0.3 is 6.03 Å². The lowest BCUT2D eigenvalue weighted by molar-refractivity contribution is 0.0811. The van der Waals surface area contributed by atoms with Crippen molar-refractivity contribution in [1.82, 2.24) is 15.5 Å². The van der Waals surface area contributed by atoms with E-state index >= 15 is 0 Å². The zero-order valence-corrected chi connectivity index (χ0v) is 13.6. The van der Waals surface area contributed by atoms with Crippen molar-refractivity contribution in [1.29, 1.82) is 0 Å². The number of anilines is 2. The van der Waals surface area contributed by atoms with Gasteiger partial charge in [-0.2, -0.15) is 5.10 Å². The molecule has 1 aromatic heterocycles. The summed E-state index contributed by atoms with van der Waals surface area (Å²) in [7, 11) is 3.78. The summed E-state index contributed by atoms with van der Waals surface area (Å²) < 4.78 is 0. The second kappa shape index (κ2) is 5.74. The number of urea groups is 1. The van der Waals surface area contributed by atoms with E-state index < -0.39 is 0 Å². The number of hydrogen-bond acceptors (Lipinski definition) is 4. The van der Waals surface area contributed by atoms with Crippen LogP contribution in [0.2, 0.25) is 0 Å². The van der Waals surface area contributed by atoms with E-state index in [1.54, 1.807) is 0 Å². The minimum Gasteiger partial charge on any atom is -0.360 e. The highest BCUT2D eigenvalue weighted by Gasteiger charge is 2.48. The first-order valence-electron chi connectivity index (χ1n) is 8.09. The molecule has 2 aliphatic rings. The Bertz CT molecular complexity index is 566. The summed E-state index contributed by atoms with van der Waals surface area (Å²) in [5.41, 5.74) is 1.88.